The Morgan fingerprint density at radius 2 is 1.55 bits per heavy atom. The summed E-state index contributed by atoms with van der Waals surface area (Å²) in [6.45, 7) is 12.3. The van der Waals surface area contributed by atoms with Crippen molar-refractivity contribution in [3.8, 4) is 0 Å². The van der Waals surface area contributed by atoms with E-state index in [-0.39, 0.29) is 0 Å². The number of hydrogen-bond donors (Lipinski definition) is 1. The Morgan fingerprint density at radius 1 is 0.850 bits per heavy atom. The van der Waals surface area contributed by atoms with Crippen molar-refractivity contribution in [3.05, 3.63) is 0 Å². The highest BCUT2D eigenvalue weighted by molar-refractivity contribution is 4.92. The SMILES string of the molecule is CC(C)(C)N1CCC(NC2CCN3CCCC3C2)CC1. The smallest absolute Gasteiger partial charge is 0.0125 e. The third kappa shape index (κ3) is 3.37. The van der Waals surface area contributed by atoms with E-state index in [1.165, 1.54) is 64.7 Å². The molecule has 116 valence electrons. The molecule has 0 aromatic carbocycles. The van der Waals surface area contributed by atoms with Crippen LogP contribution >= 0.6 is 0 Å². The summed E-state index contributed by atoms with van der Waals surface area (Å²) in [6.07, 6.45) is 8.32. The molecule has 3 fully saturated rings. The minimum absolute atomic E-state index is 0.347. The lowest BCUT2D eigenvalue weighted by atomic mass is 9.94. The average molecular weight is 279 g/mol. The van der Waals surface area contributed by atoms with Crippen LogP contribution in [-0.4, -0.2) is 59.6 Å². The summed E-state index contributed by atoms with van der Waals surface area (Å²) in [6, 6.07) is 2.46. The van der Waals surface area contributed by atoms with E-state index >= 15 is 0 Å². The van der Waals surface area contributed by atoms with E-state index in [1.807, 2.05) is 0 Å². The van der Waals surface area contributed by atoms with E-state index in [0.29, 0.717) is 5.54 Å². The minimum atomic E-state index is 0.347. The van der Waals surface area contributed by atoms with Gasteiger partial charge in [-0.15, -0.1) is 0 Å². The van der Waals surface area contributed by atoms with E-state index in [0.717, 1.165) is 18.1 Å². The molecule has 1 N–H and O–H groups in total. The topological polar surface area (TPSA) is 18.5 Å². The van der Waals surface area contributed by atoms with Gasteiger partial charge in [-0.2, -0.15) is 0 Å². The normalized spacial score (nSPS) is 34.4. The Kier molecular flexibility index (Phi) is 4.40. The van der Waals surface area contributed by atoms with Crippen LogP contribution in [0, 0.1) is 0 Å². The molecular weight excluding hydrogens is 246 g/mol. The van der Waals surface area contributed by atoms with Gasteiger partial charge in [-0.25, -0.2) is 0 Å². The lowest BCUT2D eigenvalue weighted by molar-refractivity contribution is 0.0869. The van der Waals surface area contributed by atoms with Crippen LogP contribution in [0.15, 0.2) is 0 Å². The number of nitrogens with one attached hydrogen (secondary N) is 1. The van der Waals surface area contributed by atoms with Crippen LogP contribution in [0.5, 0.6) is 0 Å². The number of hydrogen-bond acceptors (Lipinski definition) is 3. The molecule has 0 aliphatic carbocycles. The van der Waals surface area contributed by atoms with Crippen molar-refractivity contribution in [2.45, 2.75) is 83.0 Å². The van der Waals surface area contributed by atoms with E-state index in [4.69, 9.17) is 0 Å². The Hall–Kier alpha value is -0.120. The first-order valence-electron chi connectivity index (χ1n) is 8.77. The molecule has 0 aromatic heterocycles. The van der Waals surface area contributed by atoms with Gasteiger partial charge in [0.15, 0.2) is 0 Å². The van der Waals surface area contributed by atoms with Gasteiger partial charge in [0.05, 0.1) is 0 Å². The Labute approximate surface area is 125 Å². The van der Waals surface area contributed by atoms with Crippen LogP contribution in [0.3, 0.4) is 0 Å². The second-order valence-corrected chi connectivity index (χ2v) is 8.15. The summed E-state index contributed by atoms with van der Waals surface area (Å²) >= 11 is 0. The lowest BCUT2D eigenvalue weighted by Crippen LogP contribution is -2.53. The van der Waals surface area contributed by atoms with Gasteiger partial charge in [-0.3, -0.25) is 4.90 Å². The van der Waals surface area contributed by atoms with Crippen LogP contribution in [0.4, 0.5) is 0 Å². The molecule has 3 nitrogen and oxygen atoms in total. The highest BCUT2D eigenvalue weighted by Crippen LogP contribution is 2.28. The van der Waals surface area contributed by atoms with Crippen molar-refractivity contribution < 1.29 is 0 Å². The third-order valence-electron chi connectivity index (χ3n) is 5.74. The monoisotopic (exact) mass is 279 g/mol. The van der Waals surface area contributed by atoms with E-state index in [2.05, 4.69) is 35.9 Å². The molecule has 3 aliphatic heterocycles. The molecule has 2 atom stereocenters. The zero-order chi connectivity index (χ0) is 14.2. The molecule has 0 aromatic rings. The third-order valence-corrected chi connectivity index (χ3v) is 5.74. The van der Waals surface area contributed by atoms with Crippen molar-refractivity contribution in [2.75, 3.05) is 26.2 Å². The van der Waals surface area contributed by atoms with Crippen LogP contribution in [0.2, 0.25) is 0 Å². The molecule has 0 bridgehead atoms. The number of likely N-dealkylation sites (tertiary alicyclic amines) is 1. The van der Waals surface area contributed by atoms with Gasteiger partial charge < -0.3 is 10.2 Å². The van der Waals surface area contributed by atoms with Crippen molar-refractivity contribution in [3.63, 3.8) is 0 Å². The summed E-state index contributed by atoms with van der Waals surface area (Å²) in [5.41, 5.74) is 0.347. The summed E-state index contributed by atoms with van der Waals surface area (Å²) < 4.78 is 0. The molecule has 3 saturated heterocycles. The van der Waals surface area contributed by atoms with Gasteiger partial charge in [0.2, 0.25) is 0 Å². The van der Waals surface area contributed by atoms with Gasteiger partial charge in [-0.05, 0) is 72.4 Å². The first-order valence-corrected chi connectivity index (χ1v) is 8.77. The highest BCUT2D eigenvalue weighted by Gasteiger charge is 2.33. The molecule has 0 saturated carbocycles. The molecule has 20 heavy (non-hydrogen) atoms. The van der Waals surface area contributed by atoms with E-state index in [9.17, 15) is 0 Å². The van der Waals surface area contributed by atoms with Gasteiger partial charge in [0, 0.05) is 36.8 Å². The standard InChI is InChI=1S/C17H33N3/c1-17(2,3)20-11-7-14(8-12-20)18-15-6-10-19-9-4-5-16(19)13-15/h14-16,18H,4-13H2,1-3H3. The van der Waals surface area contributed by atoms with Gasteiger partial charge in [0.25, 0.3) is 0 Å². The van der Waals surface area contributed by atoms with Crippen molar-refractivity contribution in [1.29, 1.82) is 0 Å². The number of nitrogens with zero attached hydrogens (tertiary/aromatic N) is 2. The summed E-state index contributed by atoms with van der Waals surface area (Å²) in [7, 11) is 0. The first-order chi connectivity index (χ1) is 9.52. The maximum atomic E-state index is 3.99. The first kappa shape index (κ1) is 14.8. The average Bonchev–Trinajstić information content (AvgIpc) is 2.86. The number of rotatable bonds is 2. The summed E-state index contributed by atoms with van der Waals surface area (Å²) in [5, 5.41) is 3.99. The molecule has 3 rings (SSSR count). The predicted octanol–water partition coefficient (Wildman–Crippen LogP) is 2.47. The number of piperidine rings is 2. The molecule has 0 spiro atoms. The molecular formula is C17H33N3. The highest BCUT2D eigenvalue weighted by atomic mass is 15.2. The molecule has 0 amide bonds. The van der Waals surface area contributed by atoms with E-state index < -0.39 is 0 Å². The second kappa shape index (κ2) is 5.94. The molecule has 3 heteroatoms. The lowest BCUT2D eigenvalue weighted by Gasteiger charge is -2.43. The fourth-order valence-electron chi connectivity index (χ4n) is 4.43. The predicted molar refractivity (Wildman–Crippen MR) is 85.1 cm³/mol. The zero-order valence-corrected chi connectivity index (χ0v) is 13.7. The van der Waals surface area contributed by atoms with Gasteiger partial charge in [0.1, 0.15) is 0 Å². The number of fused-ring (bicyclic) bond motifs is 1. The quantitative estimate of drug-likeness (QED) is 0.838. The molecule has 2 unspecified atom stereocenters. The summed E-state index contributed by atoms with van der Waals surface area (Å²) in [4.78, 5) is 5.37. The maximum absolute atomic E-state index is 3.99. The summed E-state index contributed by atoms with van der Waals surface area (Å²) in [5.74, 6) is 0. The Balaban J connectivity index is 1.43. The minimum Gasteiger partial charge on any atom is -0.311 e. The zero-order valence-electron chi connectivity index (χ0n) is 13.7. The largest absolute Gasteiger partial charge is 0.311 e. The van der Waals surface area contributed by atoms with Crippen LogP contribution < -0.4 is 5.32 Å². The van der Waals surface area contributed by atoms with Crippen molar-refractivity contribution >= 4 is 0 Å². The molecule has 3 heterocycles. The Morgan fingerprint density at radius 3 is 2.25 bits per heavy atom. The van der Waals surface area contributed by atoms with Crippen molar-refractivity contribution in [2.24, 2.45) is 0 Å². The Bertz CT molecular complexity index is 315. The maximum Gasteiger partial charge on any atom is 0.0125 e. The fourth-order valence-corrected chi connectivity index (χ4v) is 4.43. The second-order valence-electron chi connectivity index (χ2n) is 8.15. The van der Waals surface area contributed by atoms with Gasteiger partial charge in [-0.1, -0.05) is 0 Å². The fraction of sp³-hybridized carbons (Fsp3) is 1.00. The molecule has 3 aliphatic rings. The van der Waals surface area contributed by atoms with Crippen molar-refractivity contribution in [1.82, 2.24) is 15.1 Å². The molecule has 0 radical (unpaired) electrons. The van der Waals surface area contributed by atoms with Crippen LogP contribution in [-0.2, 0) is 0 Å². The van der Waals surface area contributed by atoms with Gasteiger partial charge >= 0.3 is 0 Å². The van der Waals surface area contributed by atoms with Crippen LogP contribution in [0.25, 0.3) is 0 Å². The van der Waals surface area contributed by atoms with Crippen LogP contribution in [0.1, 0.15) is 59.3 Å². The van der Waals surface area contributed by atoms with E-state index in [1.54, 1.807) is 0 Å².